The van der Waals surface area contributed by atoms with Crippen molar-refractivity contribution in [1.82, 2.24) is 10.2 Å². The standard InChI is InChI=1S/C19H15ClN4O2S2/c1-11-5-2-3-8-14(11)21-18-22-23-19(28-18)27-15-10-16(25)24(17(15)26)13-7-4-6-12(20)9-13/h2-9,15H,10H2,1H3,(H,21,22). The number of hydrogen-bond acceptors (Lipinski definition) is 7. The third-order valence-corrected chi connectivity index (χ3v) is 6.55. The topological polar surface area (TPSA) is 75.2 Å². The summed E-state index contributed by atoms with van der Waals surface area (Å²) in [4.78, 5) is 26.3. The first-order valence-electron chi connectivity index (χ1n) is 8.46. The lowest BCUT2D eigenvalue weighted by Crippen LogP contribution is -2.31. The largest absolute Gasteiger partial charge is 0.330 e. The van der Waals surface area contributed by atoms with Crippen LogP contribution in [-0.2, 0) is 9.59 Å². The summed E-state index contributed by atoms with van der Waals surface area (Å²) in [5.74, 6) is -0.506. The van der Waals surface area contributed by atoms with Crippen molar-refractivity contribution >= 4 is 63.0 Å². The fraction of sp³-hybridized carbons (Fsp3) is 0.158. The van der Waals surface area contributed by atoms with Gasteiger partial charge < -0.3 is 5.32 Å². The Morgan fingerprint density at radius 1 is 1.18 bits per heavy atom. The van der Waals surface area contributed by atoms with Gasteiger partial charge in [0.1, 0.15) is 5.25 Å². The van der Waals surface area contributed by atoms with Crippen LogP contribution in [0.1, 0.15) is 12.0 Å². The summed E-state index contributed by atoms with van der Waals surface area (Å²) in [6, 6.07) is 14.6. The van der Waals surface area contributed by atoms with E-state index < -0.39 is 5.25 Å². The molecule has 6 nitrogen and oxygen atoms in total. The van der Waals surface area contributed by atoms with Crippen molar-refractivity contribution in [1.29, 1.82) is 0 Å². The van der Waals surface area contributed by atoms with Gasteiger partial charge in [0, 0.05) is 17.1 Å². The minimum atomic E-state index is -0.522. The number of carbonyl (C=O) groups excluding carboxylic acids is 2. The maximum absolute atomic E-state index is 12.8. The van der Waals surface area contributed by atoms with Crippen molar-refractivity contribution < 1.29 is 9.59 Å². The average Bonchev–Trinajstić information content (AvgIpc) is 3.21. The first-order valence-corrected chi connectivity index (χ1v) is 10.5. The summed E-state index contributed by atoms with van der Waals surface area (Å²) in [5.41, 5.74) is 2.54. The van der Waals surface area contributed by atoms with E-state index in [0.29, 0.717) is 20.2 Å². The lowest BCUT2D eigenvalue weighted by Gasteiger charge is -2.14. The number of carbonyl (C=O) groups is 2. The fourth-order valence-electron chi connectivity index (χ4n) is 2.84. The minimum absolute atomic E-state index is 0.121. The first kappa shape index (κ1) is 18.9. The van der Waals surface area contributed by atoms with E-state index in [1.807, 2.05) is 31.2 Å². The number of rotatable bonds is 5. The van der Waals surface area contributed by atoms with Gasteiger partial charge in [0.25, 0.3) is 0 Å². The summed E-state index contributed by atoms with van der Waals surface area (Å²) in [5, 5.41) is 12.1. The molecule has 0 spiro atoms. The van der Waals surface area contributed by atoms with Crippen LogP contribution < -0.4 is 10.2 Å². The number of aromatic nitrogens is 2. The van der Waals surface area contributed by atoms with Crippen LogP contribution in [0.25, 0.3) is 0 Å². The summed E-state index contributed by atoms with van der Waals surface area (Å²) < 4.78 is 0.634. The van der Waals surface area contributed by atoms with Crippen LogP contribution in [0.5, 0.6) is 0 Å². The highest BCUT2D eigenvalue weighted by Gasteiger charge is 2.40. The maximum Gasteiger partial charge on any atom is 0.247 e. The van der Waals surface area contributed by atoms with E-state index in [9.17, 15) is 9.59 Å². The Morgan fingerprint density at radius 3 is 2.79 bits per heavy atom. The summed E-state index contributed by atoms with van der Waals surface area (Å²) in [7, 11) is 0. The number of amides is 2. The molecule has 0 saturated carbocycles. The molecule has 0 bridgehead atoms. The molecule has 3 aromatic rings. The molecule has 9 heteroatoms. The number of aryl methyl sites for hydroxylation is 1. The SMILES string of the molecule is Cc1ccccc1Nc1nnc(SC2CC(=O)N(c3cccc(Cl)c3)C2=O)s1. The summed E-state index contributed by atoms with van der Waals surface area (Å²) >= 11 is 8.60. The van der Waals surface area contributed by atoms with E-state index in [1.54, 1.807) is 24.3 Å². The molecule has 0 radical (unpaired) electrons. The minimum Gasteiger partial charge on any atom is -0.330 e. The lowest BCUT2D eigenvalue weighted by atomic mass is 10.2. The Bertz CT molecular complexity index is 1060. The van der Waals surface area contributed by atoms with Gasteiger partial charge in [-0.05, 0) is 36.8 Å². The van der Waals surface area contributed by atoms with Crippen LogP contribution in [0.3, 0.4) is 0 Å². The summed E-state index contributed by atoms with van der Waals surface area (Å²) in [6.45, 7) is 2.01. The molecule has 4 rings (SSSR count). The van der Waals surface area contributed by atoms with Crippen molar-refractivity contribution in [3.8, 4) is 0 Å². The predicted molar refractivity (Wildman–Crippen MR) is 113 cm³/mol. The number of halogens is 1. The van der Waals surface area contributed by atoms with Gasteiger partial charge in [-0.1, -0.05) is 59.0 Å². The van der Waals surface area contributed by atoms with E-state index in [-0.39, 0.29) is 18.2 Å². The number of nitrogens with one attached hydrogen (secondary N) is 1. The highest BCUT2D eigenvalue weighted by atomic mass is 35.5. The van der Waals surface area contributed by atoms with Gasteiger partial charge >= 0.3 is 0 Å². The summed E-state index contributed by atoms with van der Waals surface area (Å²) in [6.07, 6.45) is 0.121. The number of anilines is 3. The zero-order valence-corrected chi connectivity index (χ0v) is 17.1. The number of imide groups is 1. The molecule has 1 aliphatic rings. The first-order chi connectivity index (χ1) is 13.5. The van der Waals surface area contributed by atoms with E-state index >= 15 is 0 Å². The van der Waals surface area contributed by atoms with Crippen molar-refractivity contribution in [2.75, 3.05) is 10.2 Å². The second kappa shape index (κ2) is 7.90. The molecule has 1 saturated heterocycles. The molecule has 0 aliphatic carbocycles. The molecule has 1 atom stereocenters. The molecule has 1 N–H and O–H groups in total. The Kier molecular flexibility index (Phi) is 5.34. The van der Waals surface area contributed by atoms with Gasteiger partial charge in [-0.15, -0.1) is 10.2 Å². The van der Waals surface area contributed by atoms with Crippen LogP contribution in [-0.4, -0.2) is 27.3 Å². The van der Waals surface area contributed by atoms with Crippen LogP contribution in [0, 0.1) is 6.92 Å². The van der Waals surface area contributed by atoms with Crippen molar-refractivity contribution in [2.24, 2.45) is 0 Å². The Hall–Kier alpha value is -2.42. The number of thioether (sulfide) groups is 1. The Labute approximate surface area is 174 Å². The van der Waals surface area contributed by atoms with Crippen LogP contribution in [0.4, 0.5) is 16.5 Å². The van der Waals surface area contributed by atoms with Crippen molar-refractivity contribution in [2.45, 2.75) is 22.9 Å². The number of hydrogen-bond donors (Lipinski definition) is 1. The molecule has 1 unspecified atom stereocenters. The van der Waals surface area contributed by atoms with Crippen LogP contribution in [0.15, 0.2) is 52.9 Å². The van der Waals surface area contributed by atoms with E-state index in [4.69, 9.17) is 11.6 Å². The van der Waals surface area contributed by atoms with Crippen molar-refractivity contribution in [3.63, 3.8) is 0 Å². The molecule has 1 aliphatic heterocycles. The number of benzene rings is 2. The number of nitrogens with zero attached hydrogens (tertiary/aromatic N) is 3. The smallest absolute Gasteiger partial charge is 0.247 e. The Balaban J connectivity index is 1.47. The zero-order valence-electron chi connectivity index (χ0n) is 14.8. The van der Waals surface area contributed by atoms with Gasteiger partial charge in [0.2, 0.25) is 16.9 Å². The van der Waals surface area contributed by atoms with Crippen LogP contribution in [0.2, 0.25) is 5.02 Å². The van der Waals surface area contributed by atoms with E-state index in [0.717, 1.165) is 11.3 Å². The second-order valence-electron chi connectivity index (χ2n) is 6.17. The fourth-order valence-corrected chi connectivity index (χ4v) is 5.06. The molecule has 2 heterocycles. The molecular formula is C19H15ClN4O2S2. The molecule has 142 valence electrons. The van der Waals surface area contributed by atoms with Gasteiger partial charge in [-0.3, -0.25) is 9.59 Å². The highest BCUT2D eigenvalue weighted by Crippen LogP contribution is 2.37. The maximum atomic E-state index is 12.8. The quantitative estimate of drug-likeness (QED) is 0.593. The third kappa shape index (κ3) is 3.89. The lowest BCUT2D eigenvalue weighted by molar-refractivity contribution is -0.121. The van der Waals surface area contributed by atoms with Gasteiger partial charge in [-0.2, -0.15) is 0 Å². The normalized spacial score (nSPS) is 16.6. The van der Waals surface area contributed by atoms with Gasteiger partial charge in [0.05, 0.1) is 5.69 Å². The van der Waals surface area contributed by atoms with E-state index in [1.165, 1.54) is 28.0 Å². The van der Waals surface area contributed by atoms with Crippen molar-refractivity contribution in [3.05, 3.63) is 59.1 Å². The average molecular weight is 431 g/mol. The van der Waals surface area contributed by atoms with Crippen LogP contribution >= 0.6 is 34.7 Å². The van der Waals surface area contributed by atoms with E-state index in [2.05, 4.69) is 15.5 Å². The van der Waals surface area contributed by atoms with Gasteiger partial charge in [0.15, 0.2) is 4.34 Å². The molecule has 2 amide bonds. The predicted octanol–water partition coefficient (Wildman–Crippen LogP) is 4.67. The monoisotopic (exact) mass is 430 g/mol. The Morgan fingerprint density at radius 2 is 2.00 bits per heavy atom. The molecule has 1 aromatic heterocycles. The molecular weight excluding hydrogens is 416 g/mol. The number of para-hydroxylation sites is 1. The molecule has 1 fully saturated rings. The third-order valence-electron chi connectivity index (χ3n) is 4.21. The molecule has 2 aromatic carbocycles. The van der Waals surface area contributed by atoms with Gasteiger partial charge in [-0.25, -0.2) is 4.90 Å². The highest BCUT2D eigenvalue weighted by molar-refractivity contribution is 8.02. The zero-order chi connectivity index (χ0) is 19.7. The second-order valence-corrected chi connectivity index (χ2v) is 9.03. The molecule has 28 heavy (non-hydrogen) atoms.